The molecule has 7 aromatic rings. The summed E-state index contributed by atoms with van der Waals surface area (Å²) in [5.41, 5.74) is 8.31. The molecule has 1 aliphatic rings. The molecule has 0 spiro atoms. The van der Waals surface area contributed by atoms with E-state index in [1.165, 1.54) is 6.20 Å². The molecule has 1 unspecified atom stereocenters. The van der Waals surface area contributed by atoms with Gasteiger partial charge in [-0.15, -0.1) is 5.10 Å². The molecular weight excluding hydrogens is 723 g/mol. The van der Waals surface area contributed by atoms with Crippen molar-refractivity contribution >= 4 is 40.0 Å². The molecule has 3 amide bonds. The summed E-state index contributed by atoms with van der Waals surface area (Å²) >= 11 is 0. The summed E-state index contributed by atoms with van der Waals surface area (Å²) in [4.78, 5) is 46.4. The summed E-state index contributed by atoms with van der Waals surface area (Å²) in [6.07, 6.45) is 4.85. The fourth-order valence-electron chi connectivity index (χ4n) is 7.60. The Morgan fingerprint density at radius 2 is 1.68 bits per heavy atom. The fraction of sp³-hybridized carbons (Fsp3) is 0.279. The quantitative estimate of drug-likeness (QED) is 0.155. The Labute approximate surface area is 328 Å². The summed E-state index contributed by atoms with van der Waals surface area (Å²) in [7, 11) is 1.61. The van der Waals surface area contributed by atoms with Gasteiger partial charge in [-0.2, -0.15) is 5.10 Å². The van der Waals surface area contributed by atoms with Gasteiger partial charge in [0, 0.05) is 57.8 Å². The Morgan fingerprint density at radius 3 is 2.44 bits per heavy atom. The van der Waals surface area contributed by atoms with E-state index in [4.69, 9.17) is 9.15 Å². The molecule has 5 heterocycles. The number of likely N-dealkylation sites (tertiary alicyclic amines) is 1. The van der Waals surface area contributed by atoms with Crippen molar-refractivity contribution in [3.05, 3.63) is 124 Å². The SMILES string of the molecule is COc1cc(C)cc2c(C)c(C(C)NC(=O)c3cccc(C(=O)N4CCC(n5cc(-c6ccc(NC(=O)c7cnn8c(C)cc(C)nc78)cc6)nn5)CC4)c3)oc12. The summed E-state index contributed by atoms with van der Waals surface area (Å²) < 4.78 is 15.2. The van der Waals surface area contributed by atoms with Crippen molar-refractivity contribution in [2.75, 3.05) is 25.5 Å². The van der Waals surface area contributed by atoms with Crippen molar-refractivity contribution in [2.24, 2.45) is 0 Å². The van der Waals surface area contributed by atoms with Crippen molar-refractivity contribution in [1.82, 2.24) is 39.8 Å². The normalized spacial score (nSPS) is 13.9. The number of amides is 3. The van der Waals surface area contributed by atoms with Crippen LogP contribution >= 0.6 is 0 Å². The summed E-state index contributed by atoms with van der Waals surface area (Å²) in [5, 5.41) is 20.1. The maximum Gasteiger partial charge on any atom is 0.261 e. The minimum Gasteiger partial charge on any atom is -0.493 e. The molecule has 3 aromatic carbocycles. The van der Waals surface area contributed by atoms with Gasteiger partial charge in [0.1, 0.15) is 17.0 Å². The lowest BCUT2D eigenvalue weighted by Crippen LogP contribution is -2.39. The number of benzene rings is 3. The zero-order chi connectivity index (χ0) is 40.0. The van der Waals surface area contributed by atoms with E-state index < -0.39 is 6.04 Å². The third kappa shape index (κ3) is 7.21. The molecule has 0 aliphatic carbocycles. The van der Waals surface area contributed by atoms with Crippen molar-refractivity contribution in [1.29, 1.82) is 0 Å². The fourth-order valence-corrected chi connectivity index (χ4v) is 7.60. The predicted octanol–water partition coefficient (Wildman–Crippen LogP) is 7.20. The first-order chi connectivity index (χ1) is 27.5. The molecule has 57 heavy (non-hydrogen) atoms. The topological polar surface area (TPSA) is 162 Å². The Bertz CT molecular complexity index is 2670. The summed E-state index contributed by atoms with van der Waals surface area (Å²) in [5.74, 6) is 0.586. The van der Waals surface area contributed by atoms with Gasteiger partial charge in [0.05, 0.1) is 31.6 Å². The highest BCUT2D eigenvalue weighted by Crippen LogP contribution is 2.36. The van der Waals surface area contributed by atoms with Crippen LogP contribution in [0.1, 0.15) is 91.2 Å². The third-order valence-electron chi connectivity index (χ3n) is 10.6. The second-order valence-electron chi connectivity index (χ2n) is 14.7. The Kier molecular flexibility index (Phi) is 9.78. The molecule has 4 aromatic heterocycles. The molecule has 14 nitrogen and oxygen atoms in total. The number of rotatable bonds is 9. The van der Waals surface area contributed by atoms with Crippen LogP contribution < -0.4 is 15.4 Å². The molecule has 0 bridgehead atoms. The van der Waals surface area contributed by atoms with E-state index in [0.29, 0.717) is 76.7 Å². The molecule has 8 rings (SSSR count). The number of aryl methyl sites for hydroxylation is 4. The number of carbonyl (C=O) groups excluding carboxylic acids is 3. The molecular formula is C43H43N9O5. The number of carbonyl (C=O) groups is 3. The maximum atomic E-state index is 13.6. The van der Waals surface area contributed by atoms with Crippen molar-refractivity contribution < 1.29 is 23.5 Å². The van der Waals surface area contributed by atoms with Crippen LogP contribution in [0.4, 0.5) is 5.69 Å². The lowest BCUT2D eigenvalue weighted by molar-refractivity contribution is 0.0689. The van der Waals surface area contributed by atoms with Crippen LogP contribution in [0.3, 0.4) is 0 Å². The number of ether oxygens (including phenoxy) is 1. The van der Waals surface area contributed by atoms with Crippen molar-refractivity contribution in [3.63, 3.8) is 0 Å². The van der Waals surface area contributed by atoms with E-state index in [9.17, 15) is 14.4 Å². The number of aromatic nitrogens is 6. The zero-order valence-electron chi connectivity index (χ0n) is 32.7. The van der Waals surface area contributed by atoms with E-state index in [2.05, 4.69) is 31.0 Å². The minimum absolute atomic E-state index is 0.0739. The molecule has 14 heteroatoms. The Hall–Kier alpha value is -6.83. The van der Waals surface area contributed by atoms with Gasteiger partial charge in [-0.3, -0.25) is 14.4 Å². The highest BCUT2D eigenvalue weighted by Gasteiger charge is 2.27. The molecule has 2 N–H and O–H groups in total. The molecule has 1 saturated heterocycles. The Balaban J connectivity index is 0.864. The number of piperidine rings is 1. The number of hydrogen-bond acceptors (Lipinski definition) is 9. The van der Waals surface area contributed by atoms with Crippen LogP contribution in [0.5, 0.6) is 5.75 Å². The van der Waals surface area contributed by atoms with Crippen LogP contribution in [-0.2, 0) is 0 Å². The predicted molar refractivity (Wildman–Crippen MR) is 215 cm³/mol. The van der Waals surface area contributed by atoms with E-state index in [0.717, 1.165) is 33.5 Å². The van der Waals surface area contributed by atoms with Crippen LogP contribution in [-0.4, -0.2) is 72.4 Å². The lowest BCUT2D eigenvalue weighted by atomic mass is 10.0. The summed E-state index contributed by atoms with van der Waals surface area (Å²) in [6.45, 7) is 10.7. The zero-order valence-corrected chi connectivity index (χ0v) is 32.7. The number of anilines is 1. The number of hydrogen-bond donors (Lipinski definition) is 2. The number of methoxy groups -OCH3 is 1. The van der Waals surface area contributed by atoms with Gasteiger partial charge in [0.25, 0.3) is 17.7 Å². The number of nitrogens with zero attached hydrogens (tertiary/aromatic N) is 7. The van der Waals surface area contributed by atoms with Gasteiger partial charge < -0.3 is 24.7 Å². The highest BCUT2D eigenvalue weighted by molar-refractivity contribution is 6.08. The van der Waals surface area contributed by atoms with E-state index in [-0.39, 0.29) is 23.8 Å². The first kappa shape index (κ1) is 37.1. The van der Waals surface area contributed by atoms with Crippen molar-refractivity contribution in [3.8, 4) is 17.0 Å². The first-order valence-corrected chi connectivity index (χ1v) is 18.9. The average Bonchev–Trinajstić information content (AvgIpc) is 3.96. The molecule has 0 radical (unpaired) electrons. The summed E-state index contributed by atoms with van der Waals surface area (Å²) in [6, 6.07) is 19.8. The number of nitrogens with one attached hydrogen (secondary N) is 2. The average molecular weight is 766 g/mol. The van der Waals surface area contributed by atoms with Crippen molar-refractivity contribution in [2.45, 2.75) is 59.5 Å². The second kappa shape index (κ2) is 15.0. The highest BCUT2D eigenvalue weighted by atomic mass is 16.5. The van der Waals surface area contributed by atoms with Crippen LogP contribution in [0.15, 0.2) is 83.5 Å². The largest absolute Gasteiger partial charge is 0.493 e. The Morgan fingerprint density at radius 1 is 0.930 bits per heavy atom. The minimum atomic E-state index is -0.417. The maximum absolute atomic E-state index is 13.6. The molecule has 1 fully saturated rings. The van der Waals surface area contributed by atoms with Gasteiger partial charge in [-0.05, 0) is 102 Å². The molecule has 1 aliphatic heterocycles. The lowest BCUT2D eigenvalue weighted by Gasteiger charge is -2.32. The van der Waals surface area contributed by atoms with E-state index in [1.807, 2.05) is 92.9 Å². The van der Waals surface area contributed by atoms with E-state index in [1.54, 1.807) is 35.9 Å². The number of fused-ring (bicyclic) bond motifs is 2. The third-order valence-corrected chi connectivity index (χ3v) is 10.6. The molecule has 0 saturated carbocycles. The number of furan rings is 1. The van der Waals surface area contributed by atoms with Gasteiger partial charge in [0.2, 0.25) is 0 Å². The second-order valence-corrected chi connectivity index (χ2v) is 14.7. The van der Waals surface area contributed by atoms with Crippen LogP contribution in [0.2, 0.25) is 0 Å². The van der Waals surface area contributed by atoms with E-state index >= 15 is 0 Å². The standard InChI is InChI=1S/C43H43N9O5/c1-24-18-34-27(4)38(57-39(34)37(19-24)56-6)28(5)46-41(53)30-8-7-9-31(21-30)43(55)50-16-14-33(15-17-50)51-23-36(48-49-51)29-10-12-32(13-11-29)47-42(54)35-22-44-52-26(3)20-25(2)45-40(35)52/h7-13,18-23,28,33H,14-17H2,1-6H3,(H,46,53)(H,47,54). The van der Waals surface area contributed by atoms with Gasteiger partial charge in [-0.1, -0.05) is 23.4 Å². The first-order valence-electron chi connectivity index (χ1n) is 18.9. The van der Waals surface area contributed by atoms with Gasteiger partial charge in [-0.25, -0.2) is 14.2 Å². The molecule has 1 atom stereocenters. The van der Waals surface area contributed by atoms with Crippen LogP contribution in [0, 0.1) is 27.7 Å². The molecule has 290 valence electrons. The monoisotopic (exact) mass is 765 g/mol. The van der Waals surface area contributed by atoms with Gasteiger partial charge in [0.15, 0.2) is 17.0 Å². The van der Waals surface area contributed by atoms with Gasteiger partial charge >= 0.3 is 0 Å². The van der Waals surface area contributed by atoms with Crippen LogP contribution in [0.25, 0.3) is 27.9 Å². The smallest absolute Gasteiger partial charge is 0.261 e.